The van der Waals surface area contributed by atoms with Crippen LogP contribution in [0.25, 0.3) is 0 Å². The fourth-order valence-electron chi connectivity index (χ4n) is 3.51. The maximum atomic E-state index is 12.4. The number of hydrogen-bond acceptors (Lipinski definition) is 5. The minimum absolute atomic E-state index is 0.0643. The van der Waals surface area contributed by atoms with E-state index in [0.717, 1.165) is 30.8 Å². The molecule has 0 saturated heterocycles. The molecule has 1 aliphatic rings. The second-order valence-electron chi connectivity index (χ2n) is 7.11. The number of fused-ring (bicyclic) bond motifs is 1. The van der Waals surface area contributed by atoms with Gasteiger partial charge in [-0.1, -0.05) is 30.3 Å². The Labute approximate surface area is 163 Å². The SMILES string of the molecule is Cn1cc(NC(=O)CN2CCCn3nc([C@H](O)c4ccccc4)cc3C2)cn1. The first-order valence-corrected chi connectivity index (χ1v) is 9.39. The average molecular weight is 380 g/mol. The van der Waals surface area contributed by atoms with Crippen LogP contribution in [0.2, 0.25) is 0 Å². The Balaban J connectivity index is 1.43. The van der Waals surface area contributed by atoms with Gasteiger partial charge in [0.25, 0.3) is 0 Å². The summed E-state index contributed by atoms with van der Waals surface area (Å²) < 4.78 is 3.60. The Morgan fingerprint density at radius 1 is 1.29 bits per heavy atom. The van der Waals surface area contributed by atoms with Gasteiger partial charge in [0, 0.05) is 32.9 Å². The number of nitrogens with one attached hydrogen (secondary N) is 1. The van der Waals surface area contributed by atoms with Crippen LogP contribution in [0, 0.1) is 0 Å². The van der Waals surface area contributed by atoms with Gasteiger partial charge in [-0.25, -0.2) is 0 Å². The molecule has 0 spiro atoms. The summed E-state index contributed by atoms with van der Waals surface area (Å²) in [5, 5.41) is 22.2. The highest BCUT2D eigenvalue weighted by atomic mass is 16.3. The normalized spacial score (nSPS) is 15.6. The summed E-state index contributed by atoms with van der Waals surface area (Å²) in [7, 11) is 1.81. The largest absolute Gasteiger partial charge is 0.382 e. The summed E-state index contributed by atoms with van der Waals surface area (Å²) in [6, 6.07) is 11.5. The van der Waals surface area contributed by atoms with E-state index in [1.807, 2.05) is 48.1 Å². The molecule has 3 heterocycles. The lowest BCUT2D eigenvalue weighted by molar-refractivity contribution is -0.117. The summed E-state index contributed by atoms with van der Waals surface area (Å²) >= 11 is 0. The van der Waals surface area contributed by atoms with Crippen LogP contribution in [0.15, 0.2) is 48.8 Å². The van der Waals surface area contributed by atoms with Crippen LogP contribution in [-0.4, -0.2) is 48.6 Å². The molecule has 4 rings (SSSR count). The molecule has 8 heteroatoms. The van der Waals surface area contributed by atoms with Gasteiger partial charge in [-0.05, 0) is 18.1 Å². The number of hydrogen-bond donors (Lipinski definition) is 2. The molecule has 2 N–H and O–H groups in total. The second-order valence-corrected chi connectivity index (χ2v) is 7.11. The molecule has 0 aliphatic carbocycles. The lowest BCUT2D eigenvalue weighted by Crippen LogP contribution is -2.33. The van der Waals surface area contributed by atoms with E-state index < -0.39 is 6.10 Å². The van der Waals surface area contributed by atoms with E-state index in [4.69, 9.17) is 0 Å². The van der Waals surface area contributed by atoms with Crippen LogP contribution in [0.5, 0.6) is 0 Å². The predicted molar refractivity (Wildman–Crippen MR) is 104 cm³/mol. The molecule has 8 nitrogen and oxygen atoms in total. The molecule has 0 bridgehead atoms. The van der Waals surface area contributed by atoms with Gasteiger partial charge < -0.3 is 10.4 Å². The van der Waals surface area contributed by atoms with E-state index in [0.29, 0.717) is 24.5 Å². The lowest BCUT2D eigenvalue weighted by atomic mass is 10.1. The molecule has 28 heavy (non-hydrogen) atoms. The molecule has 0 radical (unpaired) electrons. The van der Waals surface area contributed by atoms with Crippen molar-refractivity contribution in [1.82, 2.24) is 24.5 Å². The molecular formula is C20H24N6O2. The van der Waals surface area contributed by atoms with Crippen molar-refractivity contribution in [2.45, 2.75) is 25.6 Å². The first-order chi connectivity index (χ1) is 13.6. The third-order valence-corrected chi connectivity index (χ3v) is 4.86. The number of anilines is 1. The number of amides is 1. The monoisotopic (exact) mass is 380 g/mol. The molecule has 2 aromatic heterocycles. The van der Waals surface area contributed by atoms with Gasteiger partial charge in [-0.2, -0.15) is 10.2 Å². The molecule has 0 unspecified atom stereocenters. The minimum atomic E-state index is -0.747. The highest BCUT2D eigenvalue weighted by Gasteiger charge is 2.22. The number of aromatic nitrogens is 4. The standard InChI is InChI=1S/C20H24N6O2/c1-24-12-16(11-21-24)22-19(27)14-25-8-5-9-26-17(13-25)10-18(23-26)20(28)15-6-3-2-4-7-15/h2-4,6-7,10-12,20,28H,5,8-9,13-14H2,1H3,(H,22,27)/t20-/m1/s1. The van der Waals surface area contributed by atoms with Gasteiger partial charge in [-0.15, -0.1) is 0 Å². The van der Waals surface area contributed by atoms with Gasteiger partial charge in [0.2, 0.25) is 5.91 Å². The lowest BCUT2D eigenvalue weighted by Gasteiger charge is -2.18. The Morgan fingerprint density at radius 2 is 2.11 bits per heavy atom. The number of nitrogens with zero attached hydrogens (tertiary/aromatic N) is 5. The number of carbonyl (C=O) groups excluding carboxylic acids is 1. The van der Waals surface area contributed by atoms with Crippen molar-refractivity contribution in [2.24, 2.45) is 7.05 Å². The molecule has 0 saturated carbocycles. The summed E-state index contributed by atoms with van der Waals surface area (Å²) in [6.45, 7) is 2.52. The Morgan fingerprint density at radius 3 is 2.86 bits per heavy atom. The fourth-order valence-corrected chi connectivity index (χ4v) is 3.51. The fraction of sp³-hybridized carbons (Fsp3) is 0.350. The Hall–Kier alpha value is -2.97. The third-order valence-electron chi connectivity index (χ3n) is 4.86. The summed E-state index contributed by atoms with van der Waals surface area (Å²) in [5.74, 6) is -0.0643. The van der Waals surface area contributed by atoms with Gasteiger partial charge in [0.15, 0.2) is 0 Å². The first kappa shape index (κ1) is 18.4. The van der Waals surface area contributed by atoms with E-state index in [1.165, 1.54) is 0 Å². The molecule has 146 valence electrons. The van der Waals surface area contributed by atoms with E-state index in [1.54, 1.807) is 17.1 Å². The van der Waals surface area contributed by atoms with E-state index in [-0.39, 0.29) is 5.91 Å². The van der Waals surface area contributed by atoms with Crippen molar-refractivity contribution >= 4 is 11.6 Å². The molecule has 1 atom stereocenters. The third kappa shape index (κ3) is 4.13. The van der Waals surface area contributed by atoms with Gasteiger partial charge in [-0.3, -0.25) is 19.1 Å². The van der Waals surface area contributed by atoms with Gasteiger partial charge in [0.1, 0.15) is 6.10 Å². The van der Waals surface area contributed by atoms with Crippen LogP contribution < -0.4 is 5.32 Å². The van der Waals surface area contributed by atoms with E-state index in [2.05, 4.69) is 20.4 Å². The smallest absolute Gasteiger partial charge is 0.238 e. The van der Waals surface area contributed by atoms with Crippen molar-refractivity contribution in [3.8, 4) is 0 Å². The average Bonchev–Trinajstić information content (AvgIpc) is 3.23. The number of aryl methyl sites for hydroxylation is 2. The molecule has 1 aromatic carbocycles. The Bertz CT molecular complexity index is 949. The highest BCUT2D eigenvalue weighted by molar-refractivity contribution is 5.91. The number of carbonyl (C=O) groups is 1. The number of rotatable bonds is 5. The zero-order valence-electron chi connectivity index (χ0n) is 15.8. The predicted octanol–water partition coefficient (Wildman–Crippen LogP) is 1.54. The second kappa shape index (κ2) is 7.95. The highest BCUT2D eigenvalue weighted by Crippen LogP contribution is 2.23. The van der Waals surface area contributed by atoms with Gasteiger partial charge in [0.05, 0.1) is 29.8 Å². The quantitative estimate of drug-likeness (QED) is 0.701. The molecular weight excluding hydrogens is 356 g/mol. The maximum Gasteiger partial charge on any atom is 0.238 e. The number of aliphatic hydroxyl groups is 1. The summed E-state index contributed by atoms with van der Waals surface area (Å²) in [5.41, 5.74) is 3.17. The van der Waals surface area contributed by atoms with Crippen molar-refractivity contribution in [1.29, 1.82) is 0 Å². The summed E-state index contributed by atoms with van der Waals surface area (Å²) in [6.07, 6.45) is 3.55. The van der Waals surface area contributed by atoms with Crippen LogP contribution in [0.4, 0.5) is 5.69 Å². The van der Waals surface area contributed by atoms with E-state index >= 15 is 0 Å². The molecule has 0 fully saturated rings. The summed E-state index contributed by atoms with van der Waals surface area (Å²) in [4.78, 5) is 14.5. The zero-order valence-corrected chi connectivity index (χ0v) is 15.8. The van der Waals surface area contributed by atoms with Crippen molar-refractivity contribution < 1.29 is 9.90 Å². The van der Waals surface area contributed by atoms with Crippen LogP contribution in [0.3, 0.4) is 0 Å². The number of benzene rings is 1. The van der Waals surface area contributed by atoms with Crippen molar-refractivity contribution in [3.63, 3.8) is 0 Å². The molecule has 3 aromatic rings. The van der Waals surface area contributed by atoms with Crippen molar-refractivity contribution in [3.05, 3.63) is 65.7 Å². The maximum absolute atomic E-state index is 12.4. The van der Waals surface area contributed by atoms with E-state index in [9.17, 15) is 9.90 Å². The minimum Gasteiger partial charge on any atom is -0.382 e. The first-order valence-electron chi connectivity index (χ1n) is 9.39. The molecule has 1 aliphatic heterocycles. The number of aliphatic hydroxyl groups excluding tert-OH is 1. The van der Waals surface area contributed by atoms with Gasteiger partial charge >= 0.3 is 0 Å². The topological polar surface area (TPSA) is 88.2 Å². The Kier molecular flexibility index (Phi) is 5.23. The van der Waals surface area contributed by atoms with Crippen LogP contribution in [-0.2, 0) is 24.9 Å². The van der Waals surface area contributed by atoms with Crippen molar-refractivity contribution in [2.75, 3.05) is 18.4 Å². The zero-order chi connectivity index (χ0) is 19.5. The van der Waals surface area contributed by atoms with Crippen LogP contribution >= 0.6 is 0 Å². The van der Waals surface area contributed by atoms with Crippen LogP contribution in [0.1, 0.15) is 29.5 Å². The molecule has 1 amide bonds.